The van der Waals surface area contributed by atoms with Gasteiger partial charge in [-0.05, 0) is 31.6 Å². The summed E-state index contributed by atoms with van der Waals surface area (Å²) in [5, 5.41) is 4.42. The maximum atomic E-state index is 5.79. The second-order valence-corrected chi connectivity index (χ2v) is 4.97. The van der Waals surface area contributed by atoms with Crippen molar-refractivity contribution in [1.29, 1.82) is 0 Å². The van der Waals surface area contributed by atoms with Crippen molar-refractivity contribution >= 4 is 0 Å². The Morgan fingerprint density at radius 3 is 2.71 bits per heavy atom. The Morgan fingerprint density at radius 2 is 2.06 bits per heavy atom. The van der Waals surface area contributed by atoms with Crippen LogP contribution in [0, 0.1) is 5.92 Å². The van der Waals surface area contributed by atoms with Gasteiger partial charge in [-0.3, -0.25) is 4.68 Å². The van der Waals surface area contributed by atoms with E-state index in [9.17, 15) is 0 Å². The Balaban J connectivity index is 0.000000514. The first-order valence-electron chi connectivity index (χ1n) is 6.98. The fourth-order valence-corrected chi connectivity index (χ4v) is 2.25. The first kappa shape index (κ1) is 12.6. The van der Waals surface area contributed by atoms with Gasteiger partial charge < -0.3 is 4.74 Å². The zero-order chi connectivity index (χ0) is 12.3. The summed E-state index contributed by atoms with van der Waals surface area (Å²) in [5.74, 6) is 0.785. The highest BCUT2D eigenvalue weighted by Gasteiger charge is 2.27. The molecule has 96 valence electrons. The van der Waals surface area contributed by atoms with Gasteiger partial charge in [-0.25, -0.2) is 0 Å². The van der Waals surface area contributed by atoms with E-state index in [0.29, 0.717) is 12.1 Å². The molecule has 2 unspecified atom stereocenters. The van der Waals surface area contributed by atoms with Crippen molar-refractivity contribution in [1.82, 2.24) is 9.78 Å². The minimum absolute atomic E-state index is 0.293. The van der Waals surface area contributed by atoms with Crippen LogP contribution in [0.4, 0.5) is 0 Å². The highest BCUT2D eigenvalue weighted by molar-refractivity contribution is 5.10. The van der Waals surface area contributed by atoms with Crippen LogP contribution in [0.25, 0.3) is 0 Å². The van der Waals surface area contributed by atoms with E-state index in [1.165, 1.54) is 24.8 Å². The van der Waals surface area contributed by atoms with Gasteiger partial charge in [0, 0.05) is 18.4 Å². The monoisotopic (exact) mass is 236 g/mol. The molecule has 2 aliphatic rings. The summed E-state index contributed by atoms with van der Waals surface area (Å²) in [5.41, 5.74) is 1.27. The van der Waals surface area contributed by atoms with Crippen molar-refractivity contribution in [2.75, 3.05) is 6.61 Å². The summed E-state index contributed by atoms with van der Waals surface area (Å²) in [6, 6.07) is 0.680. The normalized spacial score (nSPS) is 28.4. The third-order valence-corrected chi connectivity index (χ3v) is 3.46. The van der Waals surface area contributed by atoms with Crippen molar-refractivity contribution in [3.05, 3.63) is 18.0 Å². The van der Waals surface area contributed by atoms with Crippen LogP contribution in [0.3, 0.4) is 0 Å². The molecule has 0 N–H and O–H groups in total. The van der Waals surface area contributed by atoms with Gasteiger partial charge in [0.2, 0.25) is 0 Å². The molecule has 1 aliphatic heterocycles. The lowest BCUT2D eigenvalue weighted by atomic mass is 9.95. The summed E-state index contributed by atoms with van der Waals surface area (Å²) in [4.78, 5) is 0. The molecule has 2 fully saturated rings. The van der Waals surface area contributed by atoms with Gasteiger partial charge in [0.15, 0.2) is 0 Å². The van der Waals surface area contributed by atoms with Gasteiger partial charge in [0.05, 0.1) is 18.3 Å². The van der Waals surface area contributed by atoms with Crippen molar-refractivity contribution < 1.29 is 4.74 Å². The molecule has 17 heavy (non-hydrogen) atoms. The number of hydrogen-bond donors (Lipinski definition) is 0. The molecule has 0 spiro atoms. The number of ether oxygens (including phenoxy) is 1. The van der Waals surface area contributed by atoms with Crippen molar-refractivity contribution in [2.24, 2.45) is 5.92 Å². The predicted molar refractivity (Wildman–Crippen MR) is 68.9 cm³/mol. The van der Waals surface area contributed by atoms with E-state index in [1.54, 1.807) is 0 Å². The first-order chi connectivity index (χ1) is 8.33. The highest BCUT2D eigenvalue weighted by Crippen LogP contribution is 2.36. The molecule has 1 saturated heterocycles. The summed E-state index contributed by atoms with van der Waals surface area (Å²) in [6.07, 6.45) is 9.40. The number of nitrogens with zero attached hydrogens (tertiary/aromatic N) is 2. The molecule has 3 nitrogen and oxygen atoms in total. The highest BCUT2D eigenvalue weighted by atomic mass is 16.5. The summed E-state index contributed by atoms with van der Waals surface area (Å²) in [7, 11) is 0. The first-order valence-corrected chi connectivity index (χ1v) is 6.98. The maximum absolute atomic E-state index is 5.79. The lowest BCUT2D eigenvalue weighted by molar-refractivity contribution is -0.00637. The van der Waals surface area contributed by atoms with Gasteiger partial charge in [0.1, 0.15) is 0 Å². The summed E-state index contributed by atoms with van der Waals surface area (Å²) >= 11 is 0. The van der Waals surface area contributed by atoms with Crippen LogP contribution in [0.5, 0.6) is 0 Å². The van der Waals surface area contributed by atoms with E-state index >= 15 is 0 Å². The molecule has 1 aromatic heterocycles. The molecule has 0 radical (unpaired) electrons. The van der Waals surface area contributed by atoms with Gasteiger partial charge in [0.25, 0.3) is 0 Å². The molecular formula is C14H24N2O. The zero-order valence-corrected chi connectivity index (χ0v) is 11.2. The Morgan fingerprint density at radius 1 is 1.29 bits per heavy atom. The molecule has 0 bridgehead atoms. The molecule has 1 aliphatic carbocycles. The number of hydrogen-bond acceptors (Lipinski definition) is 2. The van der Waals surface area contributed by atoms with E-state index < -0.39 is 0 Å². The largest absolute Gasteiger partial charge is 0.373 e. The van der Waals surface area contributed by atoms with Crippen LogP contribution in [0.2, 0.25) is 0 Å². The van der Waals surface area contributed by atoms with Crippen LogP contribution < -0.4 is 0 Å². The third kappa shape index (κ3) is 3.09. The van der Waals surface area contributed by atoms with E-state index in [4.69, 9.17) is 4.74 Å². The standard InChI is InChI=1S/C12H18N2O.C2H6/c1-9-4-5-15-12(6-9)10-7-13-14(8-10)11-2-3-11;1-2/h7-9,11-12H,2-6H2,1H3;1-2H3. The van der Waals surface area contributed by atoms with E-state index in [2.05, 4.69) is 22.9 Å². The second-order valence-electron chi connectivity index (χ2n) is 4.97. The Kier molecular flexibility index (Phi) is 4.21. The molecule has 3 rings (SSSR count). The summed E-state index contributed by atoms with van der Waals surface area (Å²) < 4.78 is 7.90. The molecular weight excluding hydrogens is 212 g/mol. The average Bonchev–Trinajstić information content (AvgIpc) is 3.10. The zero-order valence-electron chi connectivity index (χ0n) is 11.2. The maximum Gasteiger partial charge on any atom is 0.0857 e. The van der Waals surface area contributed by atoms with Crippen molar-refractivity contribution in [3.8, 4) is 0 Å². The van der Waals surface area contributed by atoms with E-state index in [0.717, 1.165) is 18.9 Å². The van der Waals surface area contributed by atoms with Gasteiger partial charge >= 0.3 is 0 Å². The van der Waals surface area contributed by atoms with Crippen LogP contribution in [-0.2, 0) is 4.74 Å². The van der Waals surface area contributed by atoms with E-state index in [1.807, 2.05) is 20.0 Å². The van der Waals surface area contributed by atoms with Crippen molar-refractivity contribution in [3.63, 3.8) is 0 Å². The molecule has 2 heterocycles. The van der Waals surface area contributed by atoms with E-state index in [-0.39, 0.29) is 0 Å². The molecule has 0 aromatic carbocycles. The van der Waals surface area contributed by atoms with Crippen LogP contribution in [0.15, 0.2) is 12.4 Å². The molecule has 1 aromatic rings. The fraction of sp³-hybridized carbons (Fsp3) is 0.786. The van der Waals surface area contributed by atoms with Gasteiger partial charge in [-0.1, -0.05) is 20.8 Å². The lowest BCUT2D eigenvalue weighted by Gasteiger charge is -2.26. The van der Waals surface area contributed by atoms with Crippen LogP contribution >= 0.6 is 0 Å². The summed E-state index contributed by atoms with van der Waals surface area (Å²) in [6.45, 7) is 7.21. The molecule has 1 saturated carbocycles. The number of rotatable bonds is 2. The Labute approximate surface area is 104 Å². The van der Waals surface area contributed by atoms with Gasteiger partial charge in [-0.2, -0.15) is 5.10 Å². The van der Waals surface area contributed by atoms with Crippen LogP contribution in [-0.4, -0.2) is 16.4 Å². The Bertz CT molecular complexity index is 344. The SMILES string of the molecule is CC.CC1CCOC(c2cnn(C3CC3)c2)C1. The quantitative estimate of drug-likeness (QED) is 0.782. The molecule has 0 amide bonds. The fourth-order valence-electron chi connectivity index (χ4n) is 2.25. The van der Waals surface area contributed by atoms with Crippen molar-refractivity contribution in [2.45, 2.75) is 58.6 Å². The van der Waals surface area contributed by atoms with Gasteiger partial charge in [-0.15, -0.1) is 0 Å². The molecule has 2 atom stereocenters. The average molecular weight is 236 g/mol. The second kappa shape index (κ2) is 5.67. The Hall–Kier alpha value is -0.830. The topological polar surface area (TPSA) is 27.1 Å². The third-order valence-electron chi connectivity index (χ3n) is 3.46. The number of aromatic nitrogens is 2. The predicted octanol–water partition coefficient (Wildman–Crippen LogP) is 3.73. The minimum atomic E-state index is 0.293. The van der Waals surface area contributed by atoms with Crippen LogP contribution in [0.1, 0.15) is 64.2 Å². The molecule has 3 heteroatoms. The lowest BCUT2D eigenvalue weighted by Crippen LogP contribution is -2.17. The smallest absolute Gasteiger partial charge is 0.0857 e. The minimum Gasteiger partial charge on any atom is -0.373 e.